The first-order valence-corrected chi connectivity index (χ1v) is 9.67. The van der Waals surface area contributed by atoms with Crippen LogP contribution in [0.2, 0.25) is 0 Å². The summed E-state index contributed by atoms with van der Waals surface area (Å²) in [7, 11) is 1.40. The van der Waals surface area contributed by atoms with Crippen LogP contribution in [0.5, 0.6) is 11.8 Å². The molecule has 1 aromatic heterocycles. The molecular formula is C19H26F3N3O3. The fourth-order valence-electron chi connectivity index (χ4n) is 3.71. The van der Waals surface area contributed by atoms with E-state index in [1.165, 1.54) is 13.2 Å². The monoisotopic (exact) mass is 401 g/mol. The van der Waals surface area contributed by atoms with Crippen molar-refractivity contribution in [3.63, 3.8) is 0 Å². The summed E-state index contributed by atoms with van der Waals surface area (Å²) in [4.78, 5) is 16.2. The molecule has 1 amide bonds. The van der Waals surface area contributed by atoms with Crippen LogP contribution in [0.3, 0.4) is 0 Å². The highest BCUT2D eigenvalue weighted by Gasteiger charge is 2.29. The summed E-state index contributed by atoms with van der Waals surface area (Å²) < 4.78 is 50.8. The Labute approximate surface area is 162 Å². The van der Waals surface area contributed by atoms with Crippen LogP contribution in [0.25, 0.3) is 0 Å². The number of carbonyl (C=O) groups is 1. The summed E-state index contributed by atoms with van der Waals surface area (Å²) in [6, 6.07) is 1.00. The van der Waals surface area contributed by atoms with Crippen molar-refractivity contribution in [3.8, 4) is 11.8 Å². The number of carbonyl (C=O) groups excluding carboxylic acids is 1. The molecule has 1 aliphatic carbocycles. The van der Waals surface area contributed by atoms with Gasteiger partial charge in [0.1, 0.15) is 6.10 Å². The predicted octanol–water partition coefficient (Wildman–Crippen LogP) is 2.80. The highest BCUT2D eigenvalue weighted by molar-refractivity contribution is 5.82. The predicted molar refractivity (Wildman–Crippen MR) is 96.0 cm³/mol. The molecule has 0 radical (unpaired) electrons. The Hall–Kier alpha value is -2.03. The minimum absolute atomic E-state index is 0.0872. The zero-order valence-corrected chi connectivity index (χ0v) is 15.8. The van der Waals surface area contributed by atoms with Gasteiger partial charge in [-0.15, -0.1) is 0 Å². The van der Waals surface area contributed by atoms with E-state index < -0.39 is 18.2 Å². The number of rotatable bonds is 7. The molecule has 1 aromatic rings. The number of nitrogens with one attached hydrogen (secondary N) is 2. The Balaban J connectivity index is 1.60. The number of aromatic nitrogens is 1. The summed E-state index contributed by atoms with van der Waals surface area (Å²) in [5, 5.41) is 5.86. The summed E-state index contributed by atoms with van der Waals surface area (Å²) in [6.07, 6.45) is 0.611. The van der Waals surface area contributed by atoms with E-state index in [1.54, 1.807) is 0 Å². The molecule has 156 valence electrons. The second kappa shape index (κ2) is 9.45. The summed E-state index contributed by atoms with van der Waals surface area (Å²) in [5.74, 6) is -1.47. The van der Waals surface area contributed by atoms with Gasteiger partial charge in [-0.2, -0.15) is 4.98 Å². The SMILES string of the molecule is COc1nc(OC2CCC(C(F)F)CC2)c(F)cc1CNC(=O)[C@@H]1CCCN1. The lowest BCUT2D eigenvalue weighted by molar-refractivity contribution is -0.122. The van der Waals surface area contributed by atoms with E-state index in [-0.39, 0.29) is 36.4 Å². The van der Waals surface area contributed by atoms with Gasteiger partial charge in [-0.05, 0) is 51.1 Å². The van der Waals surface area contributed by atoms with Gasteiger partial charge >= 0.3 is 0 Å². The smallest absolute Gasteiger partial charge is 0.254 e. The van der Waals surface area contributed by atoms with E-state index in [9.17, 15) is 18.0 Å². The number of pyridine rings is 1. The number of halogens is 3. The van der Waals surface area contributed by atoms with Crippen molar-refractivity contribution in [1.82, 2.24) is 15.6 Å². The quantitative estimate of drug-likeness (QED) is 0.735. The lowest BCUT2D eigenvalue weighted by Crippen LogP contribution is -2.40. The van der Waals surface area contributed by atoms with Crippen LogP contribution in [-0.4, -0.2) is 43.1 Å². The molecule has 1 saturated heterocycles. The fraction of sp³-hybridized carbons (Fsp3) is 0.684. The second-order valence-electron chi connectivity index (χ2n) is 7.30. The molecule has 0 unspecified atom stereocenters. The first-order valence-electron chi connectivity index (χ1n) is 9.67. The van der Waals surface area contributed by atoms with Crippen LogP contribution < -0.4 is 20.1 Å². The highest BCUT2D eigenvalue weighted by atomic mass is 19.3. The average Bonchev–Trinajstić information content (AvgIpc) is 3.23. The summed E-state index contributed by atoms with van der Waals surface area (Å²) >= 11 is 0. The van der Waals surface area contributed by atoms with E-state index in [2.05, 4.69) is 15.6 Å². The third kappa shape index (κ3) is 5.06. The number of nitrogens with zero attached hydrogens (tertiary/aromatic N) is 1. The molecule has 6 nitrogen and oxygen atoms in total. The van der Waals surface area contributed by atoms with E-state index in [4.69, 9.17) is 9.47 Å². The van der Waals surface area contributed by atoms with Crippen LogP contribution in [0, 0.1) is 11.7 Å². The van der Waals surface area contributed by atoms with Crippen LogP contribution in [0.4, 0.5) is 13.2 Å². The maximum atomic E-state index is 14.5. The molecule has 9 heteroatoms. The van der Waals surface area contributed by atoms with E-state index in [1.807, 2.05) is 0 Å². The highest BCUT2D eigenvalue weighted by Crippen LogP contribution is 2.32. The van der Waals surface area contributed by atoms with Crippen LogP contribution in [0.1, 0.15) is 44.1 Å². The van der Waals surface area contributed by atoms with E-state index >= 15 is 0 Å². The van der Waals surface area contributed by atoms with Gasteiger partial charge < -0.3 is 20.1 Å². The Morgan fingerprint density at radius 2 is 2.04 bits per heavy atom. The van der Waals surface area contributed by atoms with Crippen molar-refractivity contribution in [3.05, 3.63) is 17.4 Å². The number of amides is 1. The van der Waals surface area contributed by atoms with Crippen LogP contribution in [0.15, 0.2) is 6.07 Å². The normalized spacial score (nSPS) is 25.0. The van der Waals surface area contributed by atoms with Crippen LogP contribution >= 0.6 is 0 Å². The standard InChI is InChI=1S/C19H26F3N3O3/c1-27-18-12(10-24-17(26)15-3-2-8-23-15)9-14(20)19(25-18)28-13-6-4-11(5-7-13)16(21)22/h9,11,13,15-16,23H,2-8,10H2,1H3,(H,24,26)/t11?,13?,15-/m0/s1. The molecule has 2 N–H and O–H groups in total. The Bertz CT molecular complexity index is 676. The van der Waals surface area contributed by atoms with Gasteiger partial charge in [0.25, 0.3) is 5.88 Å². The van der Waals surface area contributed by atoms with Gasteiger partial charge in [0, 0.05) is 18.0 Å². The van der Waals surface area contributed by atoms with Gasteiger partial charge in [-0.3, -0.25) is 4.79 Å². The third-order valence-electron chi connectivity index (χ3n) is 5.36. The van der Waals surface area contributed by atoms with Crippen molar-refractivity contribution in [2.45, 2.75) is 63.6 Å². The number of methoxy groups -OCH3 is 1. The van der Waals surface area contributed by atoms with Gasteiger partial charge in [-0.1, -0.05) is 0 Å². The topological polar surface area (TPSA) is 72.5 Å². The lowest BCUT2D eigenvalue weighted by atomic mass is 9.88. The van der Waals surface area contributed by atoms with Gasteiger partial charge in [-0.25, -0.2) is 13.2 Å². The molecule has 1 aliphatic heterocycles. The number of ether oxygens (including phenoxy) is 2. The number of hydrogen-bond donors (Lipinski definition) is 2. The molecule has 2 aliphatic rings. The van der Waals surface area contributed by atoms with Crippen molar-refractivity contribution in [1.29, 1.82) is 0 Å². The summed E-state index contributed by atoms with van der Waals surface area (Å²) in [5.41, 5.74) is 0.403. The van der Waals surface area contributed by atoms with Crippen molar-refractivity contribution in [2.75, 3.05) is 13.7 Å². The van der Waals surface area contributed by atoms with Gasteiger partial charge in [0.05, 0.1) is 13.2 Å². The fourth-order valence-corrected chi connectivity index (χ4v) is 3.71. The Morgan fingerprint density at radius 3 is 2.64 bits per heavy atom. The second-order valence-corrected chi connectivity index (χ2v) is 7.30. The first-order chi connectivity index (χ1) is 13.5. The molecule has 2 fully saturated rings. The Kier molecular flexibility index (Phi) is 6.98. The van der Waals surface area contributed by atoms with Gasteiger partial charge in [0.15, 0.2) is 5.82 Å². The van der Waals surface area contributed by atoms with Crippen molar-refractivity contribution >= 4 is 5.91 Å². The molecule has 28 heavy (non-hydrogen) atoms. The van der Waals surface area contributed by atoms with E-state index in [0.717, 1.165) is 19.4 Å². The third-order valence-corrected chi connectivity index (χ3v) is 5.36. The average molecular weight is 401 g/mol. The van der Waals surface area contributed by atoms with E-state index in [0.29, 0.717) is 31.2 Å². The largest absolute Gasteiger partial charge is 0.481 e. The minimum Gasteiger partial charge on any atom is -0.481 e. The molecular weight excluding hydrogens is 375 g/mol. The maximum absolute atomic E-state index is 14.5. The zero-order chi connectivity index (χ0) is 20.1. The molecule has 0 bridgehead atoms. The molecule has 3 rings (SSSR count). The van der Waals surface area contributed by atoms with Crippen molar-refractivity contribution in [2.24, 2.45) is 5.92 Å². The maximum Gasteiger partial charge on any atom is 0.254 e. The number of alkyl halides is 2. The number of hydrogen-bond acceptors (Lipinski definition) is 5. The Morgan fingerprint density at radius 1 is 1.29 bits per heavy atom. The van der Waals surface area contributed by atoms with Crippen molar-refractivity contribution < 1.29 is 27.4 Å². The van der Waals surface area contributed by atoms with Crippen LogP contribution in [-0.2, 0) is 11.3 Å². The first kappa shape index (κ1) is 20.7. The summed E-state index contributed by atoms with van der Waals surface area (Å²) in [6.45, 7) is 0.896. The lowest BCUT2D eigenvalue weighted by Gasteiger charge is -2.28. The molecule has 2 heterocycles. The molecule has 0 spiro atoms. The van der Waals surface area contributed by atoms with Gasteiger partial charge in [0.2, 0.25) is 18.2 Å². The molecule has 1 atom stereocenters. The molecule has 1 saturated carbocycles. The minimum atomic E-state index is -2.33. The zero-order valence-electron chi connectivity index (χ0n) is 15.8. The molecule has 0 aromatic carbocycles.